The first kappa shape index (κ1) is 55.6. The molecule has 0 saturated carbocycles. The fourth-order valence-corrected chi connectivity index (χ4v) is 6.70. The van der Waals surface area contributed by atoms with E-state index < -0.39 is 86.7 Å². The minimum absolute atomic E-state index is 0.0394. The lowest BCUT2D eigenvalue weighted by Gasteiger charge is -2.42. The van der Waals surface area contributed by atoms with Gasteiger partial charge in [0, 0.05) is 13.0 Å². The molecule has 11 atom stereocenters. The molecule has 0 aromatic carbocycles. The normalized spacial score (nSPS) is 27.9. The van der Waals surface area contributed by atoms with Crippen LogP contribution < -0.4 is 0 Å². The van der Waals surface area contributed by atoms with Crippen molar-refractivity contribution in [1.29, 1.82) is 0 Å². The van der Waals surface area contributed by atoms with Crippen molar-refractivity contribution in [3.63, 3.8) is 0 Å². The topological polar surface area (TPSA) is 214 Å². The van der Waals surface area contributed by atoms with E-state index in [1.54, 1.807) is 0 Å². The van der Waals surface area contributed by atoms with Gasteiger partial charge in [0.15, 0.2) is 12.6 Å². The highest BCUT2D eigenvalue weighted by Gasteiger charge is 2.47. The van der Waals surface area contributed by atoms with Crippen molar-refractivity contribution in [1.82, 2.24) is 0 Å². The Morgan fingerprint density at radius 2 is 1.05 bits per heavy atom. The van der Waals surface area contributed by atoms with Crippen LogP contribution in [0.5, 0.6) is 0 Å². The van der Waals surface area contributed by atoms with E-state index in [-0.39, 0.29) is 19.6 Å². The third kappa shape index (κ3) is 23.9. The van der Waals surface area contributed by atoms with Gasteiger partial charge in [-0.05, 0) is 64.2 Å². The van der Waals surface area contributed by atoms with Gasteiger partial charge in [0.05, 0.1) is 26.4 Å². The highest BCUT2D eigenvalue weighted by atomic mass is 16.7. The number of hydrogen-bond acceptors (Lipinski definition) is 14. The first-order valence-electron chi connectivity index (χ1n) is 23.0. The summed E-state index contributed by atoms with van der Waals surface area (Å²) in [5.41, 5.74) is 0. The Balaban J connectivity index is 1.78. The SMILES string of the molecule is CC/C=C\C/C=C\C/C=C\C/C=C\C/C=C\C/C=C\CCCCC(=O)OC(COCCCCCCCCC)COC1OC(COC2OC(CO)C(O)C(O)C2O)C(O)C(O)C1O. The number of aliphatic hydroxyl groups is 7. The fourth-order valence-electron chi connectivity index (χ4n) is 6.70. The summed E-state index contributed by atoms with van der Waals surface area (Å²) in [4.78, 5) is 12.9. The van der Waals surface area contributed by atoms with Crippen molar-refractivity contribution >= 4 is 5.97 Å². The molecule has 0 aliphatic carbocycles. The van der Waals surface area contributed by atoms with Gasteiger partial charge in [0.2, 0.25) is 0 Å². The molecule has 14 heteroatoms. The van der Waals surface area contributed by atoms with Gasteiger partial charge in [-0.3, -0.25) is 4.79 Å². The largest absolute Gasteiger partial charge is 0.457 e. The molecule has 0 radical (unpaired) electrons. The zero-order valence-corrected chi connectivity index (χ0v) is 37.3. The third-order valence-corrected chi connectivity index (χ3v) is 10.5. The first-order valence-corrected chi connectivity index (χ1v) is 23.0. The Labute approximate surface area is 370 Å². The van der Waals surface area contributed by atoms with Gasteiger partial charge < -0.3 is 64.2 Å². The molecule has 0 aromatic heterocycles. The Hall–Kier alpha value is -2.57. The number of allylic oxidation sites excluding steroid dienone is 12. The molecule has 2 fully saturated rings. The van der Waals surface area contributed by atoms with E-state index in [2.05, 4.69) is 86.8 Å². The van der Waals surface area contributed by atoms with Crippen LogP contribution in [-0.2, 0) is 33.2 Å². The summed E-state index contributed by atoms with van der Waals surface area (Å²) in [7, 11) is 0. The molecule has 0 bridgehead atoms. The van der Waals surface area contributed by atoms with E-state index in [1.165, 1.54) is 25.7 Å². The van der Waals surface area contributed by atoms with Crippen LogP contribution in [0.2, 0.25) is 0 Å². The van der Waals surface area contributed by atoms with Gasteiger partial charge in [-0.2, -0.15) is 0 Å². The lowest BCUT2D eigenvalue weighted by molar-refractivity contribution is -0.332. The van der Waals surface area contributed by atoms with Crippen molar-refractivity contribution in [2.75, 3.05) is 33.0 Å². The summed E-state index contributed by atoms with van der Waals surface area (Å²) in [5.74, 6) is -0.424. The van der Waals surface area contributed by atoms with Gasteiger partial charge in [0.25, 0.3) is 0 Å². The average Bonchev–Trinajstić information content (AvgIpc) is 3.27. The molecule has 11 unspecified atom stereocenters. The molecular weight excluding hydrogens is 801 g/mol. The van der Waals surface area contributed by atoms with E-state index >= 15 is 0 Å². The van der Waals surface area contributed by atoms with Gasteiger partial charge in [-0.25, -0.2) is 0 Å². The number of aliphatic hydroxyl groups excluding tert-OH is 7. The molecule has 14 nitrogen and oxygen atoms in total. The number of ether oxygens (including phenoxy) is 6. The number of hydrogen-bond donors (Lipinski definition) is 7. The Morgan fingerprint density at radius 1 is 0.548 bits per heavy atom. The van der Waals surface area contributed by atoms with Crippen LogP contribution in [0, 0.1) is 0 Å². The molecule has 2 aliphatic heterocycles. The lowest BCUT2D eigenvalue weighted by atomic mass is 9.98. The summed E-state index contributed by atoms with van der Waals surface area (Å²) in [5, 5.41) is 71.8. The van der Waals surface area contributed by atoms with E-state index in [0.717, 1.165) is 70.6 Å². The van der Waals surface area contributed by atoms with Crippen molar-refractivity contribution in [2.24, 2.45) is 0 Å². The zero-order valence-electron chi connectivity index (χ0n) is 37.3. The van der Waals surface area contributed by atoms with Crippen LogP contribution in [0.4, 0.5) is 0 Å². The maximum atomic E-state index is 12.9. The average molecular weight is 881 g/mol. The number of carbonyl (C=O) groups is 1. The molecule has 2 rings (SSSR count). The van der Waals surface area contributed by atoms with E-state index in [0.29, 0.717) is 13.0 Å². The molecule has 2 saturated heterocycles. The van der Waals surface area contributed by atoms with Crippen LogP contribution in [0.3, 0.4) is 0 Å². The quantitative estimate of drug-likeness (QED) is 0.0240. The minimum Gasteiger partial charge on any atom is -0.457 e. The van der Waals surface area contributed by atoms with Crippen LogP contribution in [0.1, 0.15) is 123 Å². The molecule has 0 amide bonds. The molecule has 0 spiro atoms. The van der Waals surface area contributed by atoms with Crippen LogP contribution in [-0.4, -0.2) is 142 Å². The first-order chi connectivity index (χ1) is 30.1. The van der Waals surface area contributed by atoms with Crippen LogP contribution in [0.25, 0.3) is 0 Å². The van der Waals surface area contributed by atoms with Gasteiger partial charge in [0.1, 0.15) is 54.9 Å². The van der Waals surface area contributed by atoms with Crippen molar-refractivity contribution in [3.05, 3.63) is 72.9 Å². The van der Waals surface area contributed by atoms with Crippen LogP contribution >= 0.6 is 0 Å². The molecule has 62 heavy (non-hydrogen) atoms. The van der Waals surface area contributed by atoms with Crippen molar-refractivity contribution in [3.8, 4) is 0 Å². The highest BCUT2D eigenvalue weighted by molar-refractivity contribution is 5.69. The molecular formula is C48H80O14. The summed E-state index contributed by atoms with van der Waals surface area (Å²) < 4.78 is 34.0. The van der Waals surface area contributed by atoms with Gasteiger partial charge in [-0.15, -0.1) is 0 Å². The zero-order chi connectivity index (χ0) is 45.2. The smallest absolute Gasteiger partial charge is 0.306 e. The predicted octanol–water partition coefficient (Wildman–Crippen LogP) is 5.56. The maximum Gasteiger partial charge on any atom is 0.306 e. The Kier molecular flexibility index (Phi) is 32.0. The fraction of sp³-hybridized carbons (Fsp3) is 0.729. The molecule has 2 aliphatic rings. The monoisotopic (exact) mass is 881 g/mol. The van der Waals surface area contributed by atoms with Crippen molar-refractivity contribution < 1.29 is 69.0 Å². The van der Waals surface area contributed by atoms with E-state index in [9.17, 15) is 40.5 Å². The Morgan fingerprint density at radius 3 is 1.61 bits per heavy atom. The second-order valence-electron chi connectivity index (χ2n) is 15.8. The third-order valence-electron chi connectivity index (χ3n) is 10.5. The lowest BCUT2D eigenvalue weighted by Crippen LogP contribution is -2.61. The number of unbranched alkanes of at least 4 members (excludes halogenated alkanes) is 8. The second kappa shape index (κ2) is 35.7. The molecule has 7 N–H and O–H groups in total. The maximum absolute atomic E-state index is 12.9. The van der Waals surface area contributed by atoms with E-state index in [4.69, 9.17) is 28.4 Å². The number of carbonyl (C=O) groups excluding carboxylic acids is 1. The number of esters is 1. The van der Waals surface area contributed by atoms with Crippen LogP contribution in [0.15, 0.2) is 72.9 Å². The number of rotatable bonds is 34. The summed E-state index contributed by atoms with van der Waals surface area (Å²) >= 11 is 0. The second-order valence-corrected chi connectivity index (χ2v) is 15.8. The van der Waals surface area contributed by atoms with E-state index in [1.807, 2.05) is 0 Å². The minimum atomic E-state index is -1.71. The molecule has 0 aromatic rings. The standard InChI is InChI=1S/C48H80O14/c1-3-5-7-9-11-12-13-14-15-16-17-18-19-20-21-22-23-24-25-27-29-31-40(50)60-37(34-57-32-30-28-26-10-8-6-4-2)35-58-47-46(56)44(54)42(52)39(62-47)36-59-48-45(55)43(53)41(51)38(33-49)61-48/h5,7,11-12,14-15,17-18,20-21,23-24,37-39,41-49,51-56H,3-4,6,8-10,13,16,19,22,25-36H2,1-2H3/b7-5-,12-11-,15-14-,18-17-,21-20-,24-23-. The highest BCUT2D eigenvalue weighted by Crippen LogP contribution is 2.26. The molecule has 2 heterocycles. The van der Waals surface area contributed by atoms with Gasteiger partial charge >= 0.3 is 5.97 Å². The predicted molar refractivity (Wildman–Crippen MR) is 238 cm³/mol. The summed E-state index contributed by atoms with van der Waals surface area (Å²) in [6, 6.07) is 0. The Bertz CT molecular complexity index is 1300. The van der Waals surface area contributed by atoms with Gasteiger partial charge in [-0.1, -0.05) is 125 Å². The summed E-state index contributed by atoms with van der Waals surface area (Å²) in [6.07, 6.45) is 25.7. The molecule has 356 valence electrons. The summed E-state index contributed by atoms with van der Waals surface area (Å²) in [6.45, 7) is 3.43. The van der Waals surface area contributed by atoms with Crippen molar-refractivity contribution in [2.45, 2.75) is 191 Å².